The van der Waals surface area contributed by atoms with Gasteiger partial charge in [0.15, 0.2) is 5.65 Å². The number of fused-ring (bicyclic) bond motifs is 1. The molecular formula is C12H18BrN5. The third-order valence-electron chi connectivity index (χ3n) is 2.56. The van der Waals surface area contributed by atoms with Crippen molar-refractivity contribution in [3.63, 3.8) is 0 Å². The Hall–Kier alpha value is -1.14. The predicted molar refractivity (Wildman–Crippen MR) is 76.8 cm³/mol. The van der Waals surface area contributed by atoms with Gasteiger partial charge in [0.25, 0.3) is 0 Å². The van der Waals surface area contributed by atoms with Crippen molar-refractivity contribution in [1.29, 1.82) is 0 Å². The van der Waals surface area contributed by atoms with E-state index < -0.39 is 0 Å². The molecule has 5 nitrogen and oxygen atoms in total. The van der Waals surface area contributed by atoms with E-state index in [0.717, 1.165) is 34.7 Å². The SMILES string of the molecule is CC(C)CNc1ccc2nc(CCN)c(Br)n2n1. The Morgan fingerprint density at radius 2 is 2.22 bits per heavy atom. The summed E-state index contributed by atoms with van der Waals surface area (Å²) in [6, 6.07) is 3.91. The molecule has 0 aliphatic carbocycles. The van der Waals surface area contributed by atoms with Crippen LogP contribution in [0, 0.1) is 5.92 Å². The number of anilines is 1. The van der Waals surface area contributed by atoms with Crippen LogP contribution in [0.2, 0.25) is 0 Å². The maximum absolute atomic E-state index is 5.56. The lowest BCUT2D eigenvalue weighted by molar-refractivity contribution is 0.684. The van der Waals surface area contributed by atoms with Crippen molar-refractivity contribution in [3.8, 4) is 0 Å². The maximum atomic E-state index is 5.56. The van der Waals surface area contributed by atoms with E-state index in [4.69, 9.17) is 5.73 Å². The molecule has 0 bridgehead atoms. The Kier molecular flexibility index (Phi) is 4.19. The highest BCUT2D eigenvalue weighted by molar-refractivity contribution is 9.10. The Morgan fingerprint density at radius 1 is 1.44 bits per heavy atom. The molecule has 2 rings (SSSR count). The quantitative estimate of drug-likeness (QED) is 0.887. The monoisotopic (exact) mass is 311 g/mol. The number of hydrogen-bond donors (Lipinski definition) is 2. The summed E-state index contributed by atoms with van der Waals surface area (Å²) in [5.74, 6) is 1.44. The summed E-state index contributed by atoms with van der Waals surface area (Å²) in [5.41, 5.74) is 7.34. The number of rotatable bonds is 5. The lowest BCUT2D eigenvalue weighted by Gasteiger charge is -2.07. The summed E-state index contributed by atoms with van der Waals surface area (Å²) >= 11 is 3.52. The second kappa shape index (κ2) is 5.67. The van der Waals surface area contributed by atoms with E-state index in [0.29, 0.717) is 12.5 Å². The summed E-state index contributed by atoms with van der Waals surface area (Å²) < 4.78 is 2.68. The molecule has 0 atom stereocenters. The molecule has 0 saturated heterocycles. The van der Waals surface area contributed by atoms with Gasteiger partial charge in [-0.1, -0.05) is 13.8 Å². The van der Waals surface area contributed by atoms with E-state index in [1.807, 2.05) is 12.1 Å². The normalized spacial score (nSPS) is 11.4. The molecule has 6 heteroatoms. The molecule has 0 saturated carbocycles. The highest BCUT2D eigenvalue weighted by Crippen LogP contribution is 2.19. The summed E-state index contributed by atoms with van der Waals surface area (Å²) in [4.78, 5) is 4.48. The van der Waals surface area contributed by atoms with Crippen molar-refractivity contribution >= 4 is 27.4 Å². The van der Waals surface area contributed by atoms with Gasteiger partial charge in [-0.3, -0.25) is 0 Å². The van der Waals surface area contributed by atoms with Crippen LogP contribution in [-0.2, 0) is 6.42 Å². The highest BCUT2D eigenvalue weighted by Gasteiger charge is 2.10. The van der Waals surface area contributed by atoms with Gasteiger partial charge in [0.05, 0.1) is 5.69 Å². The Morgan fingerprint density at radius 3 is 2.89 bits per heavy atom. The minimum atomic E-state index is 0.584. The fraction of sp³-hybridized carbons (Fsp3) is 0.500. The van der Waals surface area contributed by atoms with Gasteiger partial charge in [-0.15, -0.1) is 5.10 Å². The van der Waals surface area contributed by atoms with Crippen molar-refractivity contribution in [2.75, 3.05) is 18.4 Å². The van der Waals surface area contributed by atoms with Crippen LogP contribution >= 0.6 is 15.9 Å². The van der Waals surface area contributed by atoms with Crippen LogP contribution in [0.3, 0.4) is 0 Å². The Balaban J connectivity index is 2.29. The van der Waals surface area contributed by atoms with Crippen LogP contribution in [0.1, 0.15) is 19.5 Å². The number of hydrogen-bond acceptors (Lipinski definition) is 4. The standard InChI is InChI=1S/C12H18BrN5/c1-8(2)7-15-10-3-4-11-16-9(5-6-14)12(13)18(11)17-10/h3-4,8H,5-7,14H2,1-2H3,(H,15,17). The summed E-state index contributed by atoms with van der Waals surface area (Å²) in [6.45, 7) is 5.82. The van der Waals surface area contributed by atoms with Crippen molar-refractivity contribution in [1.82, 2.24) is 14.6 Å². The molecule has 18 heavy (non-hydrogen) atoms. The molecule has 0 radical (unpaired) electrons. The van der Waals surface area contributed by atoms with Gasteiger partial charge in [-0.2, -0.15) is 0 Å². The van der Waals surface area contributed by atoms with Gasteiger partial charge >= 0.3 is 0 Å². The Bertz CT molecular complexity index is 534. The molecule has 0 amide bonds. The van der Waals surface area contributed by atoms with Crippen molar-refractivity contribution in [2.45, 2.75) is 20.3 Å². The molecule has 0 fully saturated rings. The topological polar surface area (TPSA) is 68.2 Å². The summed E-state index contributed by atoms with van der Waals surface area (Å²) in [5, 5.41) is 7.80. The van der Waals surface area contributed by atoms with Gasteiger partial charge in [0, 0.05) is 13.0 Å². The van der Waals surface area contributed by atoms with Gasteiger partial charge < -0.3 is 11.1 Å². The first kappa shape index (κ1) is 13.3. The maximum Gasteiger partial charge on any atom is 0.155 e. The van der Waals surface area contributed by atoms with Crippen molar-refractivity contribution in [3.05, 3.63) is 22.4 Å². The lowest BCUT2D eigenvalue weighted by atomic mass is 10.2. The molecule has 0 aliphatic heterocycles. The molecule has 0 aromatic carbocycles. The molecule has 3 N–H and O–H groups in total. The first-order valence-electron chi connectivity index (χ1n) is 6.10. The third kappa shape index (κ3) is 2.81. The van der Waals surface area contributed by atoms with E-state index in [2.05, 4.69) is 45.2 Å². The zero-order valence-electron chi connectivity index (χ0n) is 10.7. The Labute approximate surface area is 115 Å². The lowest BCUT2D eigenvalue weighted by Crippen LogP contribution is -2.10. The molecule has 0 unspecified atom stereocenters. The van der Waals surface area contributed by atoms with Crippen LogP contribution in [0.15, 0.2) is 16.7 Å². The molecule has 98 valence electrons. The van der Waals surface area contributed by atoms with E-state index in [1.165, 1.54) is 0 Å². The summed E-state index contributed by atoms with van der Waals surface area (Å²) in [6.07, 6.45) is 0.749. The zero-order chi connectivity index (χ0) is 13.1. The zero-order valence-corrected chi connectivity index (χ0v) is 12.2. The number of nitrogens with two attached hydrogens (primary N) is 1. The summed E-state index contributed by atoms with van der Waals surface area (Å²) in [7, 11) is 0. The van der Waals surface area contributed by atoms with Crippen LogP contribution in [-0.4, -0.2) is 27.7 Å². The molecule has 0 aliphatic rings. The van der Waals surface area contributed by atoms with Crippen LogP contribution < -0.4 is 11.1 Å². The molecule has 2 heterocycles. The first-order chi connectivity index (χ1) is 8.61. The average molecular weight is 312 g/mol. The number of imidazole rings is 1. The van der Waals surface area contributed by atoms with Gasteiger partial charge in [0.1, 0.15) is 10.4 Å². The van der Waals surface area contributed by atoms with Crippen molar-refractivity contribution in [2.24, 2.45) is 11.7 Å². The number of nitrogens with zero attached hydrogens (tertiary/aromatic N) is 3. The van der Waals surface area contributed by atoms with E-state index in [1.54, 1.807) is 4.52 Å². The minimum Gasteiger partial charge on any atom is -0.368 e. The van der Waals surface area contributed by atoms with E-state index in [-0.39, 0.29) is 0 Å². The van der Waals surface area contributed by atoms with E-state index >= 15 is 0 Å². The van der Waals surface area contributed by atoms with Gasteiger partial charge in [0.2, 0.25) is 0 Å². The van der Waals surface area contributed by atoms with Gasteiger partial charge in [-0.05, 0) is 40.5 Å². The second-order valence-corrected chi connectivity index (χ2v) is 5.40. The second-order valence-electron chi connectivity index (χ2n) is 4.65. The number of nitrogens with one attached hydrogen (secondary N) is 1. The minimum absolute atomic E-state index is 0.584. The van der Waals surface area contributed by atoms with Crippen LogP contribution in [0.5, 0.6) is 0 Å². The predicted octanol–water partition coefficient (Wildman–Crippen LogP) is 2.06. The first-order valence-corrected chi connectivity index (χ1v) is 6.89. The fourth-order valence-corrected chi connectivity index (χ4v) is 2.20. The third-order valence-corrected chi connectivity index (χ3v) is 3.35. The van der Waals surface area contributed by atoms with Crippen LogP contribution in [0.4, 0.5) is 5.82 Å². The molecular weight excluding hydrogens is 294 g/mol. The van der Waals surface area contributed by atoms with Crippen molar-refractivity contribution < 1.29 is 0 Å². The van der Waals surface area contributed by atoms with Crippen LogP contribution in [0.25, 0.3) is 5.65 Å². The molecule has 0 spiro atoms. The highest BCUT2D eigenvalue weighted by atomic mass is 79.9. The largest absolute Gasteiger partial charge is 0.368 e. The molecule has 2 aromatic heterocycles. The smallest absolute Gasteiger partial charge is 0.155 e. The average Bonchev–Trinajstić information content (AvgIpc) is 2.65. The molecule has 2 aromatic rings. The number of halogens is 1. The number of aromatic nitrogens is 3. The fourth-order valence-electron chi connectivity index (χ4n) is 1.65. The van der Waals surface area contributed by atoms with E-state index in [9.17, 15) is 0 Å². The van der Waals surface area contributed by atoms with Gasteiger partial charge in [-0.25, -0.2) is 9.50 Å².